The number of carbonyl (C=O) groups is 2. The van der Waals surface area contributed by atoms with Gasteiger partial charge < -0.3 is 15.7 Å². The number of aromatic nitrogens is 3. The molecule has 156 valence electrons. The van der Waals surface area contributed by atoms with Gasteiger partial charge in [0, 0.05) is 30.7 Å². The summed E-state index contributed by atoms with van der Waals surface area (Å²) in [5.74, 6) is -0.269. The van der Waals surface area contributed by atoms with Crippen LogP contribution in [0, 0.1) is 0 Å². The van der Waals surface area contributed by atoms with E-state index in [9.17, 15) is 14.7 Å². The Bertz CT molecular complexity index is 1100. The molecule has 2 heterocycles. The second-order valence-corrected chi connectivity index (χ2v) is 7.82. The zero-order chi connectivity index (χ0) is 21.3. The van der Waals surface area contributed by atoms with Crippen molar-refractivity contribution in [3.63, 3.8) is 0 Å². The fourth-order valence-electron chi connectivity index (χ4n) is 3.40. The summed E-state index contributed by atoms with van der Waals surface area (Å²) in [5.41, 5.74) is 2.42. The monoisotopic (exact) mass is 407 g/mol. The molecule has 3 aromatic rings. The third-order valence-electron chi connectivity index (χ3n) is 5.16. The molecule has 4 rings (SSSR count). The van der Waals surface area contributed by atoms with E-state index < -0.39 is 0 Å². The molecular weight excluding hydrogens is 382 g/mol. The molecule has 0 saturated heterocycles. The van der Waals surface area contributed by atoms with Crippen LogP contribution in [0.25, 0.3) is 11.0 Å². The van der Waals surface area contributed by atoms with E-state index >= 15 is 0 Å². The number of carbonyl (C=O) groups excluding carboxylic acids is 2. The van der Waals surface area contributed by atoms with E-state index in [-0.39, 0.29) is 42.3 Å². The Kier molecular flexibility index (Phi) is 5.39. The Balaban J connectivity index is 1.44. The van der Waals surface area contributed by atoms with Crippen LogP contribution in [0.4, 0.5) is 0 Å². The van der Waals surface area contributed by atoms with Crippen LogP contribution >= 0.6 is 0 Å². The van der Waals surface area contributed by atoms with Crippen LogP contribution in [-0.4, -0.2) is 44.8 Å². The van der Waals surface area contributed by atoms with Gasteiger partial charge in [-0.05, 0) is 44.9 Å². The Morgan fingerprint density at radius 3 is 2.43 bits per heavy atom. The van der Waals surface area contributed by atoms with E-state index in [4.69, 9.17) is 4.98 Å². The lowest BCUT2D eigenvalue weighted by atomic mass is 10.1. The van der Waals surface area contributed by atoms with Gasteiger partial charge in [0.1, 0.15) is 5.75 Å². The summed E-state index contributed by atoms with van der Waals surface area (Å²) >= 11 is 0. The molecule has 8 heteroatoms. The first-order valence-corrected chi connectivity index (χ1v) is 10.2. The molecular formula is C22H25N5O3. The molecule has 2 aromatic heterocycles. The SMILES string of the molecule is CC(C)n1ncc2c(C(=O)NCCNC(=O)c3ccccc3O)cc(C3CC3)nc21. The minimum atomic E-state index is -0.386. The van der Waals surface area contributed by atoms with Gasteiger partial charge in [-0.25, -0.2) is 9.67 Å². The lowest BCUT2D eigenvalue weighted by molar-refractivity contribution is 0.0927. The summed E-state index contributed by atoms with van der Waals surface area (Å²) in [4.78, 5) is 29.8. The van der Waals surface area contributed by atoms with Crippen molar-refractivity contribution < 1.29 is 14.7 Å². The first-order valence-electron chi connectivity index (χ1n) is 10.2. The highest BCUT2D eigenvalue weighted by molar-refractivity contribution is 6.05. The fourth-order valence-corrected chi connectivity index (χ4v) is 3.40. The maximum Gasteiger partial charge on any atom is 0.255 e. The van der Waals surface area contributed by atoms with E-state index in [0.717, 1.165) is 29.6 Å². The maximum absolute atomic E-state index is 12.9. The lowest BCUT2D eigenvalue weighted by Gasteiger charge is -2.11. The summed E-state index contributed by atoms with van der Waals surface area (Å²) in [6.07, 6.45) is 3.87. The first-order chi connectivity index (χ1) is 14.5. The van der Waals surface area contributed by atoms with Crippen LogP contribution in [0.15, 0.2) is 36.5 Å². The normalized spacial score (nSPS) is 13.6. The standard InChI is InChI=1S/C22H25N5O3/c1-13(2)27-20-17(12-25-27)16(11-18(26-20)14-7-8-14)22(30)24-10-9-23-21(29)15-5-3-4-6-19(15)28/h3-6,11-14,28H,7-10H2,1-2H3,(H,23,29)(H,24,30). The number of hydrogen-bond acceptors (Lipinski definition) is 5. The van der Waals surface area contributed by atoms with Gasteiger partial charge in [-0.2, -0.15) is 5.10 Å². The van der Waals surface area contributed by atoms with Crippen molar-refractivity contribution in [1.29, 1.82) is 0 Å². The highest BCUT2D eigenvalue weighted by Crippen LogP contribution is 2.40. The molecule has 0 unspecified atom stereocenters. The summed E-state index contributed by atoms with van der Waals surface area (Å²) in [5, 5.41) is 20.4. The number of fused-ring (bicyclic) bond motifs is 1. The van der Waals surface area contributed by atoms with Crippen molar-refractivity contribution in [1.82, 2.24) is 25.4 Å². The molecule has 1 aliphatic rings. The highest BCUT2D eigenvalue weighted by Gasteiger charge is 2.28. The molecule has 1 aromatic carbocycles. The molecule has 0 spiro atoms. The largest absolute Gasteiger partial charge is 0.507 e. The van der Waals surface area contributed by atoms with E-state index in [1.54, 1.807) is 24.4 Å². The molecule has 30 heavy (non-hydrogen) atoms. The molecule has 0 aliphatic heterocycles. The number of phenols is 1. The van der Waals surface area contributed by atoms with Crippen LogP contribution in [0.3, 0.4) is 0 Å². The first kappa shape index (κ1) is 19.9. The second kappa shape index (κ2) is 8.14. The Labute approximate surface area is 174 Å². The van der Waals surface area contributed by atoms with E-state index in [2.05, 4.69) is 15.7 Å². The Morgan fingerprint density at radius 1 is 1.13 bits per heavy atom. The van der Waals surface area contributed by atoms with Crippen molar-refractivity contribution in [2.75, 3.05) is 13.1 Å². The summed E-state index contributed by atoms with van der Waals surface area (Å²) in [7, 11) is 0. The van der Waals surface area contributed by atoms with E-state index in [1.807, 2.05) is 24.6 Å². The van der Waals surface area contributed by atoms with Crippen molar-refractivity contribution in [3.05, 3.63) is 53.3 Å². The van der Waals surface area contributed by atoms with Gasteiger partial charge in [-0.1, -0.05) is 12.1 Å². The van der Waals surface area contributed by atoms with Gasteiger partial charge in [0.05, 0.1) is 22.7 Å². The van der Waals surface area contributed by atoms with Gasteiger partial charge in [0.15, 0.2) is 5.65 Å². The molecule has 1 fully saturated rings. The Morgan fingerprint density at radius 2 is 1.80 bits per heavy atom. The number of rotatable bonds is 7. The fraction of sp³-hybridized carbons (Fsp3) is 0.364. The number of para-hydroxylation sites is 1. The predicted molar refractivity (Wildman–Crippen MR) is 113 cm³/mol. The smallest absolute Gasteiger partial charge is 0.255 e. The number of phenolic OH excluding ortho intramolecular Hbond substituents is 1. The molecule has 0 atom stereocenters. The van der Waals surface area contributed by atoms with Gasteiger partial charge >= 0.3 is 0 Å². The Hall–Kier alpha value is -3.42. The number of benzene rings is 1. The van der Waals surface area contributed by atoms with E-state index in [0.29, 0.717) is 11.5 Å². The molecule has 0 bridgehead atoms. The highest BCUT2D eigenvalue weighted by atomic mass is 16.3. The van der Waals surface area contributed by atoms with Crippen LogP contribution in [0.1, 0.15) is 65.1 Å². The average Bonchev–Trinajstić information content (AvgIpc) is 3.49. The third kappa shape index (κ3) is 3.98. The van der Waals surface area contributed by atoms with Crippen molar-refractivity contribution in [2.24, 2.45) is 0 Å². The van der Waals surface area contributed by atoms with Gasteiger partial charge in [0.25, 0.3) is 11.8 Å². The van der Waals surface area contributed by atoms with Gasteiger partial charge in [-0.15, -0.1) is 0 Å². The molecule has 1 saturated carbocycles. The number of nitrogens with zero attached hydrogens (tertiary/aromatic N) is 3. The minimum Gasteiger partial charge on any atom is -0.507 e. The number of aromatic hydroxyl groups is 1. The zero-order valence-corrected chi connectivity index (χ0v) is 17.1. The third-order valence-corrected chi connectivity index (χ3v) is 5.16. The van der Waals surface area contributed by atoms with Crippen LogP contribution in [0.2, 0.25) is 0 Å². The van der Waals surface area contributed by atoms with Crippen molar-refractivity contribution >= 4 is 22.8 Å². The van der Waals surface area contributed by atoms with E-state index in [1.165, 1.54) is 6.07 Å². The van der Waals surface area contributed by atoms with Crippen molar-refractivity contribution in [3.8, 4) is 5.75 Å². The molecule has 0 radical (unpaired) electrons. The van der Waals surface area contributed by atoms with Crippen molar-refractivity contribution in [2.45, 2.75) is 38.6 Å². The minimum absolute atomic E-state index is 0.0759. The summed E-state index contributed by atoms with van der Waals surface area (Å²) < 4.78 is 1.84. The molecule has 8 nitrogen and oxygen atoms in total. The molecule has 1 aliphatic carbocycles. The average molecular weight is 407 g/mol. The van der Waals surface area contributed by atoms with Crippen LogP contribution in [0.5, 0.6) is 5.75 Å². The lowest BCUT2D eigenvalue weighted by Crippen LogP contribution is -2.34. The zero-order valence-electron chi connectivity index (χ0n) is 17.1. The number of pyridine rings is 1. The summed E-state index contributed by atoms with van der Waals surface area (Å²) in [6.45, 7) is 4.57. The van der Waals surface area contributed by atoms with Gasteiger partial charge in [-0.3, -0.25) is 9.59 Å². The number of nitrogens with one attached hydrogen (secondary N) is 2. The van der Waals surface area contributed by atoms with Crippen LogP contribution < -0.4 is 10.6 Å². The predicted octanol–water partition coefficient (Wildman–Crippen LogP) is 2.76. The summed E-state index contributed by atoms with van der Waals surface area (Å²) in [6, 6.07) is 8.34. The molecule has 2 amide bonds. The topological polar surface area (TPSA) is 109 Å². The van der Waals surface area contributed by atoms with Gasteiger partial charge in [0.2, 0.25) is 0 Å². The number of hydrogen-bond donors (Lipinski definition) is 3. The quantitative estimate of drug-likeness (QED) is 0.522. The maximum atomic E-state index is 12.9. The molecule has 3 N–H and O–H groups in total. The second-order valence-electron chi connectivity index (χ2n) is 7.82. The number of amides is 2. The van der Waals surface area contributed by atoms with Crippen LogP contribution in [-0.2, 0) is 0 Å².